The predicted octanol–water partition coefficient (Wildman–Crippen LogP) is 0.854. The number of hydrogen-bond acceptors (Lipinski definition) is 6. The van der Waals surface area contributed by atoms with Gasteiger partial charge >= 0.3 is 21.6 Å². The minimum absolute atomic E-state index is 0.0972. The summed E-state index contributed by atoms with van der Waals surface area (Å²) in [5.74, 6) is -1.25. The molecule has 0 fully saturated rings. The van der Waals surface area contributed by atoms with Crippen LogP contribution in [0.1, 0.15) is 5.56 Å². The van der Waals surface area contributed by atoms with Gasteiger partial charge in [0.15, 0.2) is 0 Å². The number of alkyl halides is 3. The monoisotopic (exact) mass is 462 g/mol. The lowest BCUT2D eigenvalue weighted by molar-refractivity contribution is -0.137. The lowest BCUT2D eigenvalue weighted by atomic mass is 10.1. The van der Waals surface area contributed by atoms with Crippen molar-refractivity contribution >= 4 is 31.8 Å². The smallest absolute Gasteiger partial charge is 0.480 e. The molecule has 2 N–H and O–H groups in total. The molecule has 29 heavy (non-hydrogen) atoms. The van der Waals surface area contributed by atoms with Crippen LogP contribution in [0.15, 0.2) is 23.1 Å². The second-order valence-electron chi connectivity index (χ2n) is 6.38. The third-order valence-electron chi connectivity index (χ3n) is 3.17. The highest BCUT2D eigenvalue weighted by molar-refractivity contribution is 7.89. The highest BCUT2D eigenvalue weighted by Gasteiger charge is 2.44. The summed E-state index contributed by atoms with van der Waals surface area (Å²) < 4.78 is 83.1. The summed E-state index contributed by atoms with van der Waals surface area (Å²) in [4.78, 5) is 10.5. The van der Waals surface area contributed by atoms with Crippen LogP contribution in [0.3, 0.4) is 0 Å². The van der Waals surface area contributed by atoms with Gasteiger partial charge in [-0.1, -0.05) is 0 Å². The van der Waals surface area contributed by atoms with Crippen LogP contribution >= 0.6 is 0 Å². The molecule has 0 radical (unpaired) electrons. The van der Waals surface area contributed by atoms with E-state index in [4.69, 9.17) is 18.1 Å². The molecule has 15 heteroatoms. The molecule has 0 aliphatic rings. The van der Waals surface area contributed by atoms with Gasteiger partial charge in [-0.25, -0.2) is 8.42 Å². The number of rotatable bonds is 5. The highest BCUT2D eigenvalue weighted by atomic mass is 32.2. The van der Waals surface area contributed by atoms with Gasteiger partial charge < -0.3 is 5.11 Å². The number of aliphatic carboxylic acids is 1. The van der Waals surface area contributed by atoms with Crippen LogP contribution in [0.4, 0.5) is 18.9 Å². The summed E-state index contributed by atoms with van der Waals surface area (Å²) in [5.41, 5.74) is -4.61. The number of carboxylic acids is 1. The molecule has 1 rings (SSSR count). The Bertz CT molecular complexity index is 1010. The summed E-state index contributed by atoms with van der Waals surface area (Å²) in [6, 6.07) is 6.20. The topological polar surface area (TPSA) is 153 Å². The van der Waals surface area contributed by atoms with Crippen LogP contribution < -0.4 is 4.48 Å². The zero-order chi connectivity index (χ0) is 23.4. The summed E-state index contributed by atoms with van der Waals surface area (Å²) in [6.07, 6.45) is 0. The first-order valence-corrected chi connectivity index (χ1v) is 10.2. The average Bonchev–Trinajstić information content (AvgIpc) is 2.51. The molecule has 1 aromatic carbocycles. The van der Waals surface area contributed by atoms with E-state index < -0.39 is 38.2 Å². The molecule has 0 unspecified atom stereocenters. The van der Waals surface area contributed by atoms with Crippen LogP contribution in [0.5, 0.6) is 0 Å². The zero-order valence-corrected chi connectivity index (χ0v) is 17.3. The highest BCUT2D eigenvalue weighted by Crippen LogP contribution is 2.26. The fraction of sp³-hybridized carbons (Fsp3) is 0.429. The third kappa shape index (κ3) is 7.59. The molecule has 0 saturated carbocycles. The van der Waals surface area contributed by atoms with Gasteiger partial charge in [-0.15, -0.1) is 0 Å². The van der Waals surface area contributed by atoms with Gasteiger partial charge in [-0.3, -0.25) is 13.8 Å². The first-order valence-electron chi connectivity index (χ1n) is 7.33. The van der Waals surface area contributed by atoms with Crippen molar-refractivity contribution in [3.05, 3.63) is 23.8 Å². The first-order chi connectivity index (χ1) is 12.7. The van der Waals surface area contributed by atoms with E-state index in [1.807, 2.05) is 27.2 Å². The zero-order valence-electron chi connectivity index (χ0n) is 15.7. The molecule has 0 bridgehead atoms. The molecule has 1 aromatic rings. The van der Waals surface area contributed by atoms with E-state index in [0.717, 1.165) is 4.31 Å². The van der Waals surface area contributed by atoms with Crippen molar-refractivity contribution in [2.75, 3.05) is 34.7 Å². The van der Waals surface area contributed by atoms with Gasteiger partial charge in [0.25, 0.3) is 0 Å². The Morgan fingerprint density at radius 1 is 1.21 bits per heavy atom. The summed E-state index contributed by atoms with van der Waals surface area (Å²) in [7, 11) is -3.00. The molecule has 0 atom stereocenters. The molecular weight excluding hydrogens is 443 g/mol. The fourth-order valence-corrected chi connectivity index (χ4v) is 2.95. The minimum Gasteiger partial charge on any atom is -0.480 e. The van der Waals surface area contributed by atoms with Gasteiger partial charge in [0.2, 0.25) is 10.0 Å². The van der Waals surface area contributed by atoms with Crippen LogP contribution in [0.2, 0.25) is 0 Å². The van der Waals surface area contributed by atoms with Crippen molar-refractivity contribution in [3.63, 3.8) is 0 Å². The van der Waals surface area contributed by atoms with Crippen molar-refractivity contribution < 1.29 is 44.5 Å². The van der Waals surface area contributed by atoms with E-state index in [2.05, 4.69) is 0 Å². The number of carboxylic acid groups (broad SMARTS) is 1. The molecule has 0 aliphatic carbocycles. The number of sulfonamides is 1. The van der Waals surface area contributed by atoms with Crippen LogP contribution in [0.25, 0.3) is 0 Å². The number of quaternary nitrogens is 1. The summed E-state index contributed by atoms with van der Waals surface area (Å²) in [5, 5.41) is 17.9. The van der Waals surface area contributed by atoms with Gasteiger partial charge in [0.1, 0.15) is 23.9 Å². The normalized spacial score (nSPS) is 12.7. The second kappa shape index (κ2) is 9.05. The molecule has 0 spiro atoms. The second-order valence-corrected chi connectivity index (χ2v) is 9.84. The SMILES string of the molecule is CN(CC(=O)O)S(=O)(=O)c1ccc([N+](C)(C)C)c(C#N)c1.O=S(=O)(O)C(F)(F)F. The van der Waals surface area contributed by atoms with Crippen molar-refractivity contribution in [3.8, 4) is 6.07 Å². The van der Waals surface area contributed by atoms with Gasteiger partial charge in [0, 0.05) is 13.1 Å². The Labute approximate surface area is 165 Å². The summed E-state index contributed by atoms with van der Waals surface area (Å²) >= 11 is 0. The lowest BCUT2D eigenvalue weighted by Crippen LogP contribution is -2.36. The van der Waals surface area contributed by atoms with E-state index >= 15 is 0 Å². The molecular formula is C14H19F3N3O7S2+. The molecule has 0 heterocycles. The Kier molecular flexibility index (Phi) is 8.35. The number of nitriles is 1. The Morgan fingerprint density at radius 2 is 1.66 bits per heavy atom. The number of halogens is 3. The maximum Gasteiger partial charge on any atom is 0.522 e. The molecule has 0 saturated heterocycles. The average molecular weight is 462 g/mol. The standard InChI is InChI=1S/C13H17N3O4S.CHF3O3S/c1-15(9-13(17)18)21(19,20)11-5-6-12(16(2,3)4)10(7-11)8-14;2-1(3,4)8(5,6)7/h5-7H,9H2,1-4H3;(H,5,6,7)/p+1. The van der Waals surface area contributed by atoms with Crippen molar-refractivity contribution in [2.45, 2.75) is 10.4 Å². The van der Waals surface area contributed by atoms with Crippen LogP contribution in [0, 0.1) is 11.3 Å². The van der Waals surface area contributed by atoms with Crippen molar-refractivity contribution in [2.24, 2.45) is 0 Å². The van der Waals surface area contributed by atoms with Crippen molar-refractivity contribution in [1.82, 2.24) is 8.79 Å². The number of benzene rings is 1. The lowest BCUT2D eigenvalue weighted by Gasteiger charge is -2.25. The van der Waals surface area contributed by atoms with Gasteiger partial charge in [0.05, 0.1) is 26.0 Å². The molecule has 0 aliphatic heterocycles. The van der Waals surface area contributed by atoms with Crippen LogP contribution in [-0.4, -0.2) is 77.0 Å². The largest absolute Gasteiger partial charge is 0.522 e. The number of carbonyl (C=O) groups is 1. The fourth-order valence-electron chi connectivity index (χ4n) is 1.81. The van der Waals surface area contributed by atoms with E-state index in [1.54, 1.807) is 6.07 Å². The van der Waals surface area contributed by atoms with Crippen molar-refractivity contribution in [1.29, 1.82) is 5.26 Å². The quantitative estimate of drug-likeness (QED) is 0.371. The van der Waals surface area contributed by atoms with E-state index in [0.29, 0.717) is 10.2 Å². The number of likely N-dealkylation sites (N-methyl/N-ethyl adjacent to an activating group) is 1. The van der Waals surface area contributed by atoms with Crippen LogP contribution in [-0.2, 0) is 24.9 Å². The van der Waals surface area contributed by atoms with E-state index in [-0.39, 0.29) is 10.5 Å². The Morgan fingerprint density at radius 3 is 1.97 bits per heavy atom. The summed E-state index contributed by atoms with van der Waals surface area (Å²) in [6.45, 7) is -0.638. The van der Waals surface area contributed by atoms with Gasteiger partial charge in [-0.05, 0) is 12.1 Å². The van der Waals surface area contributed by atoms with E-state index in [1.165, 1.54) is 19.2 Å². The Hall–Kier alpha value is -2.25. The minimum atomic E-state index is -5.84. The predicted molar refractivity (Wildman–Crippen MR) is 95.8 cm³/mol. The molecule has 10 nitrogen and oxygen atoms in total. The third-order valence-corrected chi connectivity index (χ3v) is 5.55. The maximum absolute atomic E-state index is 12.2. The first kappa shape index (κ1) is 26.8. The maximum atomic E-state index is 12.2. The Balaban J connectivity index is 0.000000828. The number of nitrogens with zero attached hydrogens (tertiary/aromatic N) is 3. The van der Waals surface area contributed by atoms with Gasteiger partial charge in [-0.2, -0.15) is 31.2 Å². The molecule has 0 aromatic heterocycles. The van der Waals surface area contributed by atoms with E-state index in [9.17, 15) is 31.6 Å². The number of hydrogen-bond donors (Lipinski definition) is 2. The molecule has 164 valence electrons. The molecule has 0 amide bonds.